The van der Waals surface area contributed by atoms with Crippen LogP contribution in [0.25, 0.3) is 0 Å². The van der Waals surface area contributed by atoms with Crippen LogP contribution in [0, 0.1) is 12.8 Å². The van der Waals surface area contributed by atoms with Crippen molar-refractivity contribution >= 4 is 39.9 Å². The minimum Gasteiger partial charge on any atom is -0.493 e. The predicted octanol–water partition coefficient (Wildman–Crippen LogP) is 2.53. The number of nitrogens with one attached hydrogen (secondary N) is 2. The Hall–Kier alpha value is -3.40. The zero-order chi connectivity index (χ0) is 24.5. The van der Waals surface area contributed by atoms with Crippen molar-refractivity contribution in [2.24, 2.45) is 16.8 Å². The summed E-state index contributed by atoms with van der Waals surface area (Å²) in [4.78, 5) is 36.1. The maximum absolute atomic E-state index is 12.7. The Labute approximate surface area is 200 Å². The first-order chi connectivity index (χ1) is 15.6. The molecule has 0 heterocycles. The molecule has 0 saturated heterocycles. The molecule has 2 aromatic carbocycles. The van der Waals surface area contributed by atoms with Crippen molar-refractivity contribution in [2.45, 2.75) is 26.8 Å². The number of methoxy groups -OCH3 is 1. The molecule has 2 rings (SSSR count). The molecule has 0 aliphatic heterocycles. The molecule has 1 unspecified atom stereocenters. The molecule has 176 valence electrons. The monoisotopic (exact) mass is 518 g/mol. The van der Waals surface area contributed by atoms with Gasteiger partial charge < -0.3 is 20.5 Å². The number of nitrogens with zero attached hydrogens (tertiary/aromatic N) is 1. The summed E-state index contributed by atoms with van der Waals surface area (Å²) < 4.78 is 11.2. The van der Waals surface area contributed by atoms with Gasteiger partial charge in [-0.05, 0) is 58.6 Å². The van der Waals surface area contributed by atoms with E-state index in [9.17, 15) is 14.4 Å². The Morgan fingerprint density at radius 2 is 1.85 bits per heavy atom. The van der Waals surface area contributed by atoms with E-state index in [0.29, 0.717) is 27.1 Å². The largest absolute Gasteiger partial charge is 0.493 e. The van der Waals surface area contributed by atoms with Crippen molar-refractivity contribution in [3.63, 3.8) is 0 Å². The Bertz CT molecular complexity index is 1040. The minimum absolute atomic E-state index is 0.162. The summed E-state index contributed by atoms with van der Waals surface area (Å²) in [5.74, 6) is -0.904. The van der Waals surface area contributed by atoms with Crippen LogP contribution in [0.5, 0.6) is 11.5 Å². The van der Waals surface area contributed by atoms with Crippen molar-refractivity contribution in [3.8, 4) is 11.5 Å². The van der Waals surface area contributed by atoms with E-state index < -0.39 is 17.9 Å². The van der Waals surface area contributed by atoms with Crippen LogP contribution in [-0.4, -0.2) is 43.7 Å². The number of ether oxygens (including phenoxy) is 2. The molecule has 1 atom stereocenters. The van der Waals surface area contributed by atoms with E-state index in [0.717, 1.165) is 5.56 Å². The van der Waals surface area contributed by atoms with E-state index in [-0.39, 0.29) is 18.4 Å². The molecule has 0 spiro atoms. The van der Waals surface area contributed by atoms with Crippen molar-refractivity contribution in [1.82, 2.24) is 10.7 Å². The summed E-state index contributed by atoms with van der Waals surface area (Å²) in [7, 11) is 1.45. The molecule has 0 saturated carbocycles. The number of hydrogen-bond acceptors (Lipinski definition) is 6. The summed E-state index contributed by atoms with van der Waals surface area (Å²) in [6.45, 7) is 5.29. The minimum atomic E-state index is -0.776. The molecule has 2 aromatic rings. The highest BCUT2D eigenvalue weighted by atomic mass is 79.9. The molecule has 0 radical (unpaired) electrons. The molecule has 9 nitrogen and oxygen atoms in total. The molecule has 4 N–H and O–H groups in total. The van der Waals surface area contributed by atoms with E-state index in [1.807, 2.05) is 32.9 Å². The van der Waals surface area contributed by atoms with Crippen LogP contribution in [0.1, 0.15) is 35.3 Å². The van der Waals surface area contributed by atoms with Crippen LogP contribution in [0.2, 0.25) is 0 Å². The zero-order valence-corrected chi connectivity index (χ0v) is 20.4. The molecule has 0 aliphatic rings. The lowest BCUT2D eigenvalue weighted by atomic mass is 10.0. The zero-order valence-electron chi connectivity index (χ0n) is 18.8. The first kappa shape index (κ1) is 25.9. The molecule has 0 aromatic heterocycles. The first-order valence-corrected chi connectivity index (χ1v) is 10.9. The number of hydrazone groups is 1. The lowest BCUT2D eigenvalue weighted by Gasteiger charge is -2.20. The number of carbonyl (C=O) groups is 3. The molecular weight excluding hydrogens is 492 g/mol. The standard InChI is InChI=1S/C23H27BrN4O5/c1-13(2)20(27-22(30)16-7-5-14(3)6-8-16)23(31)28-26-11-15-9-17(24)21(18(10-15)32-4)33-12-19(25)29/h5-11,13,20H,12H2,1-4H3,(H2,25,29)(H,27,30)(H,28,31). The Kier molecular flexibility index (Phi) is 9.41. The van der Waals surface area contributed by atoms with Gasteiger partial charge in [0.1, 0.15) is 6.04 Å². The van der Waals surface area contributed by atoms with E-state index in [1.54, 1.807) is 24.3 Å². The van der Waals surface area contributed by atoms with Crippen molar-refractivity contribution < 1.29 is 23.9 Å². The van der Waals surface area contributed by atoms with Gasteiger partial charge in [-0.15, -0.1) is 0 Å². The van der Waals surface area contributed by atoms with Crippen LogP contribution in [0.15, 0.2) is 46.0 Å². The summed E-state index contributed by atoms with van der Waals surface area (Å²) in [6.07, 6.45) is 1.42. The Morgan fingerprint density at radius 3 is 2.42 bits per heavy atom. The van der Waals surface area contributed by atoms with Gasteiger partial charge in [0.25, 0.3) is 17.7 Å². The number of amides is 3. The first-order valence-electron chi connectivity index (χ1n) is 10.1. The molecule has 0 bridgehead atoms. The topological polar surface area (TPSA) is 132 Å². The number of nitrogens with two attached hydrogens (primary N) is 1. The molecule has 3 amide bonds. The van der Waals surface area contributed by atoms with Crippen molar-refractivity contribution in [1.29, 1.82) is 0 Å². The third-order valence-electron chi connectivity index (χ3n) is 4.55. The predicted molar refractivity (Wildman–Crippen MR) is 128 cm³/mol. The van der Waals surface area contributed by atoms with Gasteiger partial charge in [-0.2, -0.15) is 5.10 Å². The third kappa shape index (κ3) is 7.60. The number of benzene rings is 2. The average molecular weight is 519 g/mol. The van der Waals surface area contributed by atoms with Gasteiger partial charge in [-0.25, -0.2) is 5.43 Å². The number of aryl methyl sites for hydroxylation is 1. The van der Waals surface area contributed by atoms with Crippen LogP contribution in [0.3, 0.4) is 0 Å². The molecular formula is C23H27BrN4O5. The molecule has 33 heavy (non-hydrogen) atoms. The second-order valence-corrected chi connectivity index (χ2v) is 8.44. The fraction of sp³-hybridized carbons (Fsp3) is 0.304. The number of hydrogen-bond donors (Lipinski definition) is 3. The van der Waals surface area contributed by atoms with Gasteiger partial charge in [0.05, 0.1) is 17.8 Å². The lowest BCUT2D eigenvalue weighted by molar-refractivity contribution is -0.124. The average Bonchev–Trinajstić information content (AvgIpc) is 2.76. The van der Waals surface area contributed by atoms with Crippen LogP contribution in [0.4, 0.5) is 0 Å². The van der Waals surface area contributed by atoms with E-state index in [2.05, 4.69) is 31.8 Å². The number of halogens is 1. The van der Waals surface area contributed by atoms with Gasteiger partial charge in [-0.1, -0.05) is 31.5 Å². The van der Waals surface area contributed by atoms with Crippen LogP contribution < -0.4 is 25.9 Å². The van der Waals surface area contributed by atoms with Crippen LogP contribution in [-0.2, 0) is 9.59 Å². The smallest absolute Gasteiger partial charge is 0.262 e. The quantitative estimate of drug-likeness (QED) is 0.328. The van der Waals surface area contributed by atoms with Gasteiger partial charge >= 0.3 is 0 Å². The van der Waals surface area contributed by atoms with Crippen molar-refractivity contribution in [3.05, 3.63) is 57.6 Å². The molecule has 10 heteroatoms. The van der Waals surface area contributed by atoms with Gasteiger partial charge in [0.2, 0.25) is 0 Å². The molecule has 0 fully saturated rings. The summed E-state index contributed by atoms with van der Waals surface area (Å²) in [5, 5.41) is 6.74. The van der Waals surface area contributed by atoms with Gasteiger partial charge in [0, 0.05) is 5.56 Å². The maximum atomic E-state index is 12.7. The van der Waals surface area contributed by atoms with Gasteiger partial charge in [0.15, 0.2) is 18.1 Å². The van der Waals surface area contributed by atoms with Crippen LogP contribution >= 0.6 is 15.9 Å². The fourth-order valence-electron chi connectivity index (χ4n) is 2.80. The van der Waals surface area contributed by atoms with E-state index in [4.69, 9.17) is 15.2 Å². The van der Waals surface area contributed by atoms with E-state index >= 15 is 0 Å². The number of rotatable bonds is 10. The van der Waals surface area contributed by atoms with E-state index in [1.165, 1.54) is 13.3 Å². The highest BCUT2D eigenvalue weighted by Crippen LogP contribution is 2.36. The Morgan fingerprint density at radius 1 is 1.18 bits per heavy atom. The highest BCUT2D eigenvalue weighted by Gasteiger charge is 2.24. The second-order valence-electron chi connectivity index (χ2n) is 7.58. The van der Waals surface area contributed by atoms with Crippen molar-refractivity contribution in [2.75, 3.05) is 13.7 Å². The Balaban J connectivity index is 2.08. The maximum Gasteiger partial charge on any atom is 0.262 e. The number of primary amides is 1. The molecule has 0 aliphatic carbocycles. The summed E-state index contributed by atoms with van der Waals surface area (Å²) in [5.41, 5.74) is 9.67. The number of carbonyl (C=O) groups excluding carboxylic acids is 3. The third-order valence-corrected chi connectivity index (χ3v) is 5.14. The van der Waals surface area contributed by atoms with Gasteiger partial charge in [-0.3, -0.25) is 14.4 Å². The summed E-state index contributed by atoms with van der Waals surface area (Å²) in [6, 6.07) is 9.60. The SMILES string of the molecule is COc1cc(C=NNC(=O)C(NC(=O)c2ccc(C)cc2)C(C)C)cc(Br)c1OCC(N)=O. The fourth-order valence-corrected chi connectivity index (χ4v) is 3.38. The highest BCUT2D eigenvalue weighted by molar-refractivity contribution is 9.10. The summed E-state index contributed by atoms with van der Waals surface area (Å²) >= 11 is 3.35. The normalized spacial score (nSPS) is 11.8. The lowest BCUT2D eigenvalue weighted by Crippen LogP contribution is -2.48. The second kappa shape index (κ2) is 12.0.